The molecular formula is C46H56Cl2N6O2. The molecule has 2 heterocycles. The van der Waals surface area contributed by atoms with Gasteiger partial charge < -0.3 is 24.8 Å². The Hall–Kier alpha value is -5.18. The van der Waals surface area contributed by atoms with Crippen LogP contribution in [0.4, 0.5) is 11.9 Å². The number of hydrogen-bond acceptors (Lipinski definition) is 2. The first-order chi connectivity index (χ1) is 25.4. The lowest BCUT2D eigenvalue weighted by Gasteiger charge is -2.13. The first-order valence-corrected chi connectivity index (χ1v) is 18.5. The van der Waals surface area contributed by atoms with Crippen molar-refractivity contribution in [2.24, 2.45) is 0 Å². The molecule has 0 bridgehead atoms. The SMILES string of the molecule is CC(=O)Nc1n(-c2c(C)cc(C)cc2C)cc[n+]1-c1c(C)cc(C)cc1C.CC(=O)Nc1n(-c2c(C)cc(C)cc2C)cc[n+]1-c1c(C)cc(C)cc1C.[Cl-].[Cl-]. The first kappa shape index (κ1) is 45.2. The third-order valence-corrected chi connectivity index (χ3v) is 9.72. The van der Waals surface area contributed by atoms with Gasteiger partial charge in [-0.15, -0.1) is 0 Å². The Morgan fingerprint density at radius 2 is 0.661 bits per heavy atom. The minimum absolute atomic E-state index is 0. The van der Waals surface area contributed by atoms with Gasteiger partial charge in [-0.3, -0.25) is 9.59 Å². The topological polar surface area (TPSA) is 75.8 Å². The number of halogens is 2. The Morgan fingerprint density at radius 3 is 0.893 bits per heavy atom. The fourth-order valence-corrected chi connectivity index (χ4v) is 8.27. The molecule has 0 saturated heterocycles. The molecule has 0 unspecified atom stereocenters. The zero-order chi connectivity index (χ0) is 39.8. The second-order valence-electron chi connectivity index (χ2n) is 15.1. The summed E-state index contributed by atoms with van der Waals surface area (Å²) in [6.45, 7) is 28.4. The highest BCUT2D eigenvalue weighted by Crippen LogP contribution is 2.28. The van der Waals surface area contributed by atoms with Gasteiger partial charge in [0.2, 0.25) is 0 Å². The van der Waals surface area contributed by atoms with E-state index in [4.69, 9.17) is 0 Å². The van der Waals surface area contributed by atoms with Crippen molar-refractivity contribution in [3.05, 3.63) is 140 Å². The molecule has 0 aliphatic heterocycles. The molecular weight excluding hydrogens is 739 g/mol. The maximum Gasteiger partial charge on any atom is 0.374 e. The minimum atomic E-state index is -0.0893. The molecule has 56 heavy (non-hydrogen) atoms. The molecule has 0 atom stereocenters. The highest BCUT2D eigenvalue weighted by atomic mass is 35.5. The van der Waals surface area contributed by atoms with Crippen LogP contribution in [0.3, 0.4) is 0 Å². The predicted molar refractivity (Wildman–Crippen MR) is 220 cm³/mol. The number of carbonyl (C=O) groups excluding carboxylic acids is 2. The van der Waals surface area contributed by atoms with Crippen LogP contribution in [0.15, 0.2) is 73.3 Å². The van der Waals surface area contributed by atoms with Crippen molar-refractivity contribution in [1.29, 1.82) is 0 Å². The van der Waals surface area contributed by atoms with Gasteiger partial charge in [0.05, 0.1) is 0 Å². The summed E-state index contributed by atoms with van der Waals surface area (Å²) in [5.74, 6) is 1.31. The van der Waals surface area contributed by atoms with Crippen LogP contribution in [-0.4, -0.2) is 20.9 Å². The van der Waals surface area contributed by atoms with Crippen molar-refractivity contribution in [3.8, 4) is 22.7 Å². The van der Waals surface area contributed by atoms with Crippen LogP contribution in [0.25, 0.3) is 22.7 Å². The van der Waals surface area contributed by atoms with Crippen molar-refractivity contribution in [3.63, 3.8) is 0 Å². The number of aryl methyl sites for hydroxylation is 12. The normalized spacial score (nSPS) is 10.5. The van der Waals surface area contributed by atoms with E-state index in [1.807, 2.05) is 24.8 Å². The average Bonchev–Trinajstić information content (AvgIpc) is 3.59. The second kappa shape index (κ2) is 18.2. The summed E-state index contributed by atoms with van der Waals surface area (Å²) in [5.41, 5.74) is 18.8. The lowest BCUT2D eigenvalue weighted by atomic mass is 10.0. The molecule has 0 aliphatic rings. The highest BCUT2D eigenvalue weighted by molar-refractivity contribution is 5.87. The molecule has 2 aromatic heterocycles. The summed E-state index contributed by atoms with van der Waals surface area (Å²) < 4.78 is 8.29. The quantitative estimate of drug-likeness (QED) is 0.255. The molecule has 0 aliphatic carbocycles. The maximum atomic E-state index is 12.0. The van der Waals surface area contributed by atoms with E-state index in [1.54, 1.807) is 13.8 Å². The van der Waals surface area contributed by atoms with E-state index in [0.29, 0.717) is 0 Å². The van der Waals surface area contributed by atoms with E-state index in [0.717, 1.165) is 34.6 Å². The fourth-order valence-electron chi connectivity index (χ4n) is 8.27. The third-order valence-electron chi connectivity index (χ3n) is 9.72. The van der Waals surface area contributed by atoms with Crippen molar-refractivity contribution in [1.82, 2.24) is 9.13 Å². The van der Waals surface area contributed by atoms with E-state index >= 15 is 0 Å². The lowest BCUT2D eigenvalue weighted by molar-refractivity contribution is -0.580. The second-order valence-corrected chi connectivity index (χ2v) is 15.1. The van der Waals surface area contributed by atoms with E-state index in [9.17, 15) is 9.59 Å². The molecule has 4 aromatic carbocycles. The lowest BCUT2D eigenvalue weighted by Crippen LogP contribution is -3.00. The Kier molecular flexibility index (Phi) is 14.7. The molecule has 6 rings (SSSR count). The summed E-state index contributed by atoms with van der Waals surface area (Å²) in [6.07, 6.45) is 8.09. The first-order valence-electron chi connectivity index (χ1n) is 18.5. The molecule has 0 fully saturated rings. The standard InChI is InChI=1S/2C23H27N3O.2ClH/c2*1-14-10-16(3)21(17(4)11-14)25-8-9-26(23(25)24-20(7)27)22-18(5)12-15(2)13-19(22)6;;/h2*8-13H,1-7H3;2*1H. The van der Waals surface area contributed by atoms with Gasteiger partial charge in [0.15, 0.2) is 0 Å². The van der Waals surface area contributed by atoms with E-state index < -0.39 is 0 Å². The highest BCUT2D eigenvalue weighted by Gasteiger charge is 2.27. The number of hydrogen-bond donors (Lipinski definition) is 2. The number of nitrogens with one attached hydrogen (secondary N) is 2. The van der Waals surface area contributed by atoms with Crippen LogP contribution in [-0.2, 0) is 9.59 Å². The number of amides is 2. The monoisotopic (exact) mass is 794 g/mol. The van der Waals surface area contributed by atoms with Crippen molar-refractivity contribution < 1.29 is 43.5 Å². The Labute approximate surface area is 345 Å². The predicted octanol–water partition coefficient (Wildman–Crippen LogP) is 3.13. The number of rotatable bonds is 6. The molecule has 0 spiro atoms. The molecule has 8 nitrogen and oxygen atoms in total. The smallest absolute Gasteiger partial charge is 0.374 e. The van der Waals surface area contributed by atoms with Crippen molar-refractivity contribution in [2.45, 2.75) is 96.9 Å². The number of imidazole rings is 2. The largest absolute Gasteiger partial charge is 1.00 e. The van der Waals surface area contributed by atoms with E-state index in [2.05, 4.69) is 161 Å². The van der Waals surface area contributed by atoms with Crippen molar-refractivity contribution >= 4 is 23.7 Å². The number of aromatic nitrogens is 4. The van der Waals surface area contributed by atoms with Crippen LogP contribution in [0.1, 0.15) is 80.6 Å². The van der Waals surface area contributed by atoms with Crippen LogP contribution in [0.5, 0.6) is 0 Å². The van der Waals surface area contributed by atoms with Gasteiger partial charge >= 0.3 is 11.9 Å². The van der Waals surface area contributed by atoms with Gasteiger partial charge in [0.1, 0.15) is 47.5 Å². The summed E-state index contributed by atoms with van der Waals surface area (Å²) in [4.78, 5) is 24.0. The van der Waals surface area contributed by atoms with E-state index in [-0.39, 0.29) is 36.6 Å². The zero-order valence-corrected chi connectivity index (χ0v) is 36.8. The summed E-state index contributed by atoms with van der Waals surface area (Å²) in [6, 6.07) is 17.4. The Bertz CT molecular complexity index is 2030. The maximum absolute atomic E-state index is 12.0. The van der Waals surface area contributed by atoms with Gasteiger partial charge in [-0.1, -0.05) is 70.8 Å². The van der Waals surface area contributed by atoms with Crippen LogP contribution >= 0.6 is 0 Å². The molecule has 0 saturated carbocycles. The van der Waals surface area contributed by atoms with Crippen LogP contribution in [0.2, 0.25) is 0 Å². The minimum Gasteiger partial charge on any atom is -1.00 e. The molecule has 2 N–H and O–H groups in total. The number of benzene rings is 4. The van der Waals surface area contributed by atoms with Gasteiger partial charge in [0.25, 0.3) is 11.8 Å². The number of carbonyl (C=O) groups is 2. The fraction of sp³-hybridized carbons (Fsp3) is 0.304. The zero-order valence-electron chi connectivity index (χ0n) is 35.3. The molecule has 10 heteroatoms. The van der Waals surface area contributed by atoms with Gasteiger partial charge in [0, 0.05) is 13.8 Å². The van der Waals surface area contributed by atoms with E-state index in [1.165, 1.54) is 66.8 Å². The average molecular weight is 796 g/mol. The third kappa shape index (κ3) is 9.43. The van der Waals surface area contributed by atoms with Crippen LogP contribution < -0.4 is 44.6 Å². The molecule has 0 radical (unpaired) electrons. The van der Waals surface area contributed by atoms with Gasteiger partial charge in [-0.2, -0.15) is 0 Å². The summed E-state index contributed by atoms with van der Waals surface area (Å²) in [7, 11) is 0. The Balaban J connectivity index is 0.000000290. The Morgan fingerprint density at radius 1 is 0.429 bits per heavy atom. The number of anilines is 2. The molecule has 6 aromatic rings. The number of nitrogens with zero attached hydrogens (tertiary/aromatic N) is 4. The van der Waals surface area contributed by atoms with Gasteiger partial charge in [-0.05, 0) is 128 Å². The van der Waals surface area contributed by atoms with Crippen molar-refractivity contribution in [2.75, 3.05) is 10.6 Å². The van der Waals surface area contributed by atoms with Gasteiger partial charge in [-0.25, -0.2) is 28.9 Å². The summed E-state index contributed by atoms with van der Waals surface area (Å²) in [5, 5.41) is 6.09. The molecule has 296 valence electrons. The summed E-state index contributed by atoms with van der Waals surface area (Å²) >= 11 is 0. The molecule has 2 amide bonds. The van der Waals surface area contributed by atoms with Crippen LogP contribution in [0, 0.1) is 83.1 Å².